The summed E-state index contributed by atoms with van der Waals surface area (Å²) in [5, 5.41) is 5.20. The molecule has 152 valence electrons. The molecule has 0 radical (unpaired) electrons. The Morgan fingerprint density at radius 1 is 1.24 bits per heavy atom. The molecule has 1 aromatic heterocycles. The van der Waals surface area contributed by atoms with Gasteiger partial charge in [0.1, 0.15) is 5.75 Å². The quantitative estimate of drug-likeness (QED) is 0.461. The van der Waals surface area contributed by atoms with Crippen LogP contribution in [0.15, 0.2) is 61.2 Å². The van der Waals surface area contributed by atoms with E-state index in [2.05, 4.69) is 15.2 Å². The van der Waals surface area contributed by atoms with E-state index in [0.29, 0.717) is 22.4 Å². The molecule has 0 saturated heterocycles. The van der Waals surface area contributed by atoms with Gasteiger partial charge in [-0.15, -0.1) is 0 Å². The number of nitrogens with one attached hydrogen (secondary N) is 1. The standard InChI is InChI=1S/C21H22Cl2N4OS/c1-28-20-13-17(22)7-8-19(20)25-21(29)27(11-4-10-26-12-9-24-15-26)14-16-5-2-3-6-18(16)23/h2-3,5-9,12-13,15H,4,10-11,14H2,1H3,(H,25,29). The lowest BCUT2D eigenvalue weighted by atomic mass is 10.2. The molecule has 0 aliphatic carbocycles. The molecule has 0 unspecified atom stereocenters. The smallest absolute Gasteiger partial charge is 0.173 e. The van der Waals surface area contributed by atoms with Gasteiger partial charge in [0.25, 0.3) is 0 Å². The van der Waals surface area contributed by atoms with Crippen LogP contribution in [0.2, 0.25) is 10.0 Å². The maximum absolute atomic E-state index is 6.38. The largest absolute Gasteiger partial charge is 0.495 e. The molecule has 3 aromatic rings. The molecule has 0 atom stereocenters. The molecular formula is C21H22Cl2N4OS. The molecule has 2 aromatic carbocycles. The Kier molecular flexibility index (Phi) is 7.75. The van der Waals surface area contributed by atoms with Crippen molar-refractivity contribution in [1.82, 2.24) is 14.5 Å². The van der Waals surface area contributed by atoms with Crippen molar-refractivity contribution in [2.75, 3.05) is 19.0 Å². The maximum Gasteiger partial charge on any atom is 0.173 e. The summed E-state index contributed by atoms with van der Waals surface area (Å²) in [6.07, 6.45) is 6.45. The van der Waals surface area contributed by atoms with E-state index in [1.807, 2.05) is 47.4 Å². The Bertz CT molecular complexity index is 950. The zero-order valence-electron chi connectivity index (χ0n) is 16.0. The first-order chi connectivity index (χ1) is 14.1. The van der Waals surface area contributed by atoms with Crippen LogP contribution in [0.25, 0.3) is 0 Å². The van der Waals surface area contributed by atoms with Crippen LogP contribution in [-0.2, 0) is 13.1 Å². The van der Waals surface area contributed by atoms with Crippen molar-refractivity contribution in [3.05, 3.63) is 76.8 Å². The number of nitrogens with zero attached hydrogens (tertiary/aromatic N) is 3. The van der Waals surface area contributed by atoms with Crippen molar-refractivity contribution in [3.8, 4) is 5.75 Å². The van der Waals surface area contributed by atoms with Gasteiger partial charge in [-0.2, -0.15) is 0 Å². The van der Waals surface area contributed by atoms with E-state index in [4.69, 9.17) is 40.2 Å². The van der Waals surface area contributed by atoms with Gasteiger partial charge < -0.3 is 19.5 Å². The lowest BCUT2D eigenvalue weighted by molar-refractivity contribution is 0.395. The number of methoxy groups -OCH3 is 1. The van der Waals surface area contributed by atoms with Crippen LogP contribution in [0, 0.1) is 0 Å². The third-order valence-electron chi connectivity index (χ3n) is 4.41. The Balaban J connectivity index is 1.73. The molecule has 8 heteroatoms. The minimum atomic E-state index is 0.594. The average molecular weight is 449 g/mol. The van der Waals surface area contributed by atoms with E-state index in [1.165, 1.54) is 0 Å². The number of rotatable bonds is 8. The van der Waals surface area contributed by atoms with Gasteiger partial charge in [0, 0.05) is 48.1 Å². The zero-order valence-corrected chi connectivity index (χ0v) is 18.3. The van der Waals surface area contributed by atoms with Crippen LogP contribution in [0.5, 0.6) is 5.75 Å². The fourth-order valence-electron chi connectivity index (χ4n) is 2.91. The molecule has 29 heavy (non-hydrogen) atoms. The van der Waals surface area contributed by atoms with Gasteiger partial charge in [-0.3, -0.25) is 0 Å². The van der Waals surface area contributed by atoms with Gasteiger partial charge in [-0.25, -0.2) is 4.98 Å². The molecule has 0 aliphatic heterocycles. The Hall–Kier alpha value is -2.28. The van der Waals surface area contributed by atoms with Crippen molar-refractivity contribution < 1.29 is 4.74 Å². The number of hydrogen-bond donors (Lipinski definition) is 1. The highest BCUT2D eigenvalue weighted by Gasteiger charge is 2.14. The van der Waals surface area contributed by atoms with Crippen molar-refractivity contribution >= 4 is 46.2 Å². The van der Waals surface area contributed by atoms with Crippen molar-refractivity contribution in [2.45, 2.75) is 19.5 Å². The second-order valence-corrected chi connectivity index (χ2v) is 7.67. The van der Waals surface area contributed by atoms with Gasteiger partial charge in [0.05, 0.1) is 19.1 Å². The van der Waals surface area contributed by atoms with E-state index in [9.17, 15) is 0 Å². The van der Waals surface area contributed by atoms with Crippen LogP contribution < -0.4 is 10.1 Å². The van der Waals surface area contributed by atoms with E-state index in [1.54, 1.807) is 25.4 Å². The summed E-state index contributed by atoms with van der Waals surface area (Å²) >= 11 is 18.2. The molecular weight excluding hydrogens is 427 g/mol. The van der Waals surface area contributed by atoms with Crippen LogP contribution in [0.3, 0.4) is 0 Å². The lowest BCUT2D eigenvalue weighted by Gasteiger charge is -2.27. The number of ether oxygens (including phenoxy) is 1. The van der Waals surface area contributed by atoms with E-state index >= 15 is 0 Å². The van der Waals surface area contributed by atoms with Crippen molar-refractivity contribution in [2.24, 2.45) is 0 Å². The normalized spacial score (nSPS) is 10.6. The number of hydrogen-bond acceptors (Lipinski definition) is 3. The number of halogens is 2. The van der Waals surface area contributed by atoms with Crippen LogP contribution in [0.1, 0.15) is 12.0 Å². The van der Waals surface area contributed by atoms with Crippen molar-refractivity contribution in [3.63, 3.8) is 0 Å². The highest BCUT2D eigenvalue weighted by atomic mass is 35.5. The molecule has 0 aliphatic rings. The minimum Gasteiger partial charge on any atom is -0.495 e. The predicted octanol–water partition coefficient (Wildman–Crippen LogP) is 5.49. The third-order valence-corrected chi connectivity index (χ3v) is 5.38. The van der Waals surface area contributed by atoms with E-state index in [-0.39, 0.29) is 0 Å². The monoisotopic (exact) mass is 448 g/mol. The summed E-state index contributed by atoms with van der Waals surface area (Å²) in [6, 6.07) is 13.2. The minimum absolute atomic E-state index is 0.594. The van der Waals surface area contributed by atoms with E-state index < -0.39 is 0 Å². The van der Waals surface area contributed by atoms with Gasteiger partial charge in [-0.05, 0) is 42.4 Å². The molecule has 3 rings (SSSR count). The Labute approximate surface area is 186 Å². The predicted molar refractivity (Wildman–Crippen MR) is 123 cm³/mol. The van der Waals surface area contributed by atoms with Gasteiger partial charge in [-0.1, -0.05) is 41.4 Å². The maximum atomic E-state index is 6.38. The molecule has 0 saturated carbocycles. The van der Waals surface area contributed by atoms with Crippen LogP contribution in [0.4, 0.5) is 5.69 Å². The highest BCUT2D eigenvalue weighted by molar-refractivity contribution is 7.80. The van der Waals surface area contributed by atoms with Crippen LogP contribution >= 0.6 is 35.4 Å². The summed E-state index contributed by atoms with van der Waals surface area (Å²) in [7, 11) is 1.60. The Morgan fingerprint density at radius 3 is 2.79 bits per heavy atom. The number of imidazole rings is 1. The van der Waals surface area contributed by atoms with Crippen molar-refractivity contribution in [1.29, 1.82) is 0 Å². The lowest BCUT2D eigenvalue weighted by Crippen LogP contribution is -2.35. The fraction of sp³-hybridized carbons (Fsp3) is 0.238. The summed E-state index contributed by atoms with van der Waals surface area (Å²) in [4.78, 5) is 6.18. The number of benzene rings is 2. The summed E-state index contributed by atoms with van der Waals surface area (Å²) < 4.78 is 7.47. The molecule has 0 spiro atoms. The van der Waals surface area contributed by atoms with Gasteiger partial charge >= 0.3 is 0 Å². The first kappa shape index (κ1) is 21.4. The Morgan fingerprint density at radius 2 is 2.07 bits per heavy atom. The molecule has 1 N–H and O–H groups in total. The van der Waals surface area contributed by atoms with Crippen LogP contribution in [-0.4, -0.2) is 33.2 Å². The summed E-state index contributed by atoms with van der Waals surface area (Å²) in [5.74, 6) is 0.635. The molecule has 0 fully saturated rings. The van der Waals surface area contributed by atoms with Gasteiger partial charge in [0.2, 0.25) is 0 Å². The summed E-state index contributed by atoms with van der Waals surface area (Å²) in [5.41, 5.74) is 1.78. The zero-order chi connectivity index (χ0) is 20.6. The molecule has 5 nitrogen and oxygen atoms in total. The molecule has 0 amide bonds. The molecule has 1 heterocycles. The SMILES string of the molecule is COc1cc(Cl)ccc1NC(=S)N(CCCn1ccnc1)Cc1ccccc1Cl. The fourth-order valence-corrected chi connectivity index (χ4v) is 3.53. The van der Waals surface area contributed by atoms with Gasteiger partial charge in [0.15, 0.2) is 5.11 Å². The number of thiocarbonyl (C=S) groups is 1. The highest BCUT2D eigenvalue weighted by Crippen LogP contribution is 2.28. The first-order valence-corrected chi connectivity index (χ1v) is 10.3. The second kappa shape index (κ2) is 10.5. The summed E-state index contributed by atoms with van der Waals surface area (Å²) in [6.45, 7) is 2.21. The number of anilines is 1. The average Bonchev–Trinajstić information content (AvgIpc) is 3.23. The number of aromatic nitrogens is 2. The second-order valence-electron chi connectivity index (χ2n) is 6.44. The first-order valence-electron chi connectivity index (χ1n) is 9.15. The number of aryl methyl sites for hydroxylation is 1. The topological polar surface area (TPSA) is 42.3 Å². The molecule has 0 bridgehead atoms. The third kappa shape index (κ3) is 6.10. The van der Waals surface area contributed by atoms with E-state index in [0.717, 1.165) is 35.8 Å².